The average molecular weight is 247 g/mol. The standard InChI is InChI=1S/C14H17NO3/c16-10-13-7-4-8-15(13)9-14(17)18-11-12-5-2-1-3-6-12/h1-3,5-6,10,13H,4,7-9,11H2/t13-/m1/s1. The van der Waals surface area contributed by atoms with Gasteiger partial charge in [0, 0.05) is 0 Å². The fourth-order valence-corrected chi connectivity index (χ4v) is 2.15. The van der Waals surface area contributed by atoms with Gasteiger partial charge in [0.15, 0.2) is 0 Å². The van der Waals surface area contributed by atoms with Crippen LogP contribution < -0.4 is 0 Å². The van der Waals surface area contributed by atoms with Crippen LogP contribution in [-0.2, 0) is 20.9 Å². The molecule has 0 N–H and O–H groups in total. The maximum Gasteiger partial charge on any atom is 0.320 e. The molecule has 1 aromatic rings. The highest BCUT2D eigenvalue weighted by molar-refractivity contribution is 5.72. The molecule has 2 rings (SSSR count). The van der Waals surface area contributed by atoms with E-state index in [0.717, 1.165) is 31.2 Å². The molecule has 0 bridgehead atoms. The first-order chi connectivity index (χ1) is 8.79. The minimum atomic E-state index is -0.271. The Labute approximate surface area is 107 Å². The molecular formula is C14H17NO3. The van der Waals surface area contributed by atoms with E-state index in [1.54, 1.807) is 0 Å². The second-order valence-corrected chi connectivity index (χ2v) is 4.46. The molecule has 4 heteroatoms. The summed E-state index contributed by atoms with van der Waals surface area (Å²) in [5.41, 5.74) is 0.971. The molecule has 0 radical (unpaired) electrons. The minimum Gasteiger partial charge on any atom is -0.460 e. The molecule has 1 aromatic carbocycles. The van der Waals surface area contributed by atoms with Crippen molar-refractivity contribution >= 4 is 12.3 Å². The van der Waals surface area contributed by atoms with Gasteiger partial charge in [-0.15, -0.1) is 0 Å². The number of aldehydes is 1. The van der Waals surface area contributed by atoms with Crippen molar-refractivity contribution in [2.75, 3.05) is 13.1 Å². The Morgan fingerprint density at radius 1 is 1.39 bits per heavy atom. The first-order valence-corrected chi connectivity index (χ1v) is 6.18. The van der Waals surface area contributed by atoms with Gasteiger partial charge < -0.3 is 9.53 Å². The van der Waals surface area contributed by atoms with E-state index in [2.05, 4.69) is 0 Å². The molecule has 1 saturated heterocycles. The van der Waals surface area contributed by atoms with Crippen molar-refractivity contribution in [2.45, 2.75) is 25.5 Å². The summed E-state index contributed by atoms with van der Waals surface area (Å²) in [6, 6.07) is 9.45. The van der Waals surface area contributed by atoms with Crippen LogP contribution in [0.1, 0.15) is 18.4 Å². The monoisotopic (exact) mass is 247 g/mol. The van der Waals surface area contributed by atoms with Gasteiger partial charge in [0.05, 0.1) is 12.6 Å². The summed E-state index contributed by atoms with van der Waals surface area (Å²) in [4.78, 5) is 24.3. The quantitative estimate of drug-likeness (QED) is 0.583. The lowest BCUT2D eigenvalue weighted by Crippen LogP contribution is -2.35. The lowest BCUT2D eigenvalue weighted by molar-refractivity contribution is -0.146. The first kappa shape index (κ1) is 12.8. The van der Waals surface area contributed by atoms with E-state index in [9.17, 15) is 9.59 Å². The van der Waals surface area contributed by atoms with E-state index in [1.165, 1.54) is 0 Å². The van der Waals surface area contributed by atoms with Crippen LogP contribution in [-0.4, -0.2) is 36.3 Å². The molecule has 0 amide bonds. The smallest absolute Gasteiger partial charge is 0.320 e. The molecule has 96 valence electrons. The van der Waals surface area contributed by atoms with E-state index < -0.39 is 0 Å². The fraction of sp³-hybridized carbons (Fsp3) is 0.429. The Balaban J connectivity index is 1.77. The van der Waals surface area contributed by atoms with Gasteiger partial charge in [0.1, 0.15) is 12.9 Å². The summed E-state index contributed by atoms with van der Waals surface area (Å²) < 4.78 is 5.19. The summed E-state index contributed by atoms with van der Waals surface area (Å²) in [5.74, 6) is -0.271. The largest absolute Gasteiger partial charge is 0.460 e. The topological polar surface area (TPSA) is 46.6 Å². The summed E-state index contributed by atoms with van der Waals surface area (Å²) >= 11 is 0. The van der Waals surface area contributed by atoms with Crippen molar-refractivity contribution in [3.63, 3.8) is 0 Å². The Hall–Kier alpha value is -1.68. The SMILES string of the molecule is O=C[C@H]1CCCN1CC(=O)OCc1ccccc1. The Bertz CT molecular complexity index is 405. The minimum absolute atomic E-state index is 0.116. The van der Waals surface area contributed by atoms with Crippen LogP contribution in [0, 0.1) is 0 Å². The van der Waals surface area contributed by atoms with Crippen LogP contribution in [0.2, 0.25) is 0 Å². The van der Waals surface area contributed by atoms with Gasteiger partial charge in [0.2, 0.25) is 0 Å². The van der Waals surface area contributed by atoms with Crippen molar-refractivity contribution in [1.82, 2.24) is 4.90 Å². The highest BCUT2D eigenvalue weighted by Crippen LogP contribution is 2.14. The van der Waals surface area contributed by atoms with Crippen molar-refractivity contribution in [3.05, 3.63) is 35.9 Å². The van der Waals surface area contributed by atoms with Crippen LogP contribution in [0.5, 0.6) is 0 Å². The van der Waals surface area contributed by atoms with Gasteiger partial charge in [-0.05, 0) is 24.9 Å². The summed E-state index contributed by atoms with van der Waals surface area (Å²) in [6.07, 6.45) is 2.72. The van der Waals surface area contributed by atoms with Gasteiger partial charge in [-0.2, -0.15) is 0 Å². The van der Waals surface area contributed by atoms with E-state index >= 15 is 0 Å². The van der Waals surface area contributed by atoms with E-state index in [-0.39, 0.29) is 18.6 Å². The molecule has 0 spiro atoms. The lowest BCUT2D eigenvalue weighted by Gasteiger charge is -2.18. The number of rotatable bonds is 5. The number of esters is 1. The Kier molecular flexibility index (Phi) is 4.47. The third-order valence-electron chi connectivity index (χ3n) is 3.15. The van der Waals surface area contributed by atoms with Gasteiger partial charge in [-0.3, -0.25) is 9.69 Å². The van der Waals surface area contributed by atoms with Crippen molar-refractivity contribution < 1.29 is 14.3 Å². The van der Waals surface area contributed by atoms with Crippen LogP contribution in [0.15, 0.2) is 30.3 Å². The number of hydrogen-bond donors (Lipinski definition) is 0. The lowest BCUT2D eigenvalue weighted by atomic mass is 10.2. The Morgan fingerprint density at radius 2 is 2.17 bits per heavy atom. The van der Waals surface area contributed by atoms with Gasteiger partial charge in [-0.25, -0.2) is 0 Å². The van der Waals surface area contributed by atoms with Gasteiger partial charge in [0.25, 0.3) is 0 Å². The van der Waals surface area contributed by atoms with Gasteiger partial charge >= 0.3 is 5.97 Å². The molecule has 1 atom stereocenters. The number of carbonyl (C=O) groups excluding carboxylic acids is 2. The molecule has 0 aromatic heterocycles. The zero-order valence-corrected chi connectivity index (χ0v) is 10.2. The van der Waals surface area contributed by atoms with Crippen LogP contribution >= 0.6 is 0 Å². The molecular weight excluding hydrogens is 230 g/mol. The number of benzene rings is 1. The molecule has 0 unspecified atom stereocenters. The molecule has 0 aliphatic carbocycles. The average Bonchev–Trinajstić information content (AvgIpc) is 2.85. The zero-order chi connectivity index (χ0) is 12.8. The van der Waals surface area contributed by atoms with Crippen LogP contribution in [0.25, 0.3) is 0 Å². The number of hydrogen-bond acceptors (Lipinski definition) is 4. The molecule has 1 aliphatic rings. The van der Waals surface area contributed by atoms with E-state index in [1.807, 2.05) is 35.2 Å². The molecule has 1 heterocycles. The fourth-order valence-electron chi connectivity index (χ4n) is 2.15. The number of likely N-dealkylation sites (tertiary alicyclic amines) is 1. The number of nitrogens with zero attached hydrogens (tertiary/aromatic N) is 1. The van der Waals surface area contributed by atoms with E-state index in [4.69, 9.17) is 4.74 Å². The highest BCUT2D eigenvalue weighted by atomic mass is 16.5. The second kappa shape index (κ2) is 6.31. The Morgan fingerprint density at radius 3 is 2.89 bits per heavy atom. The molecule has 1 aliphatic heterocycles. The third kappa shape index (κ3) is 3.40. The number of carbonyl (C=O) groups is 2. The highest BCUT2D eigenvalue weighted by Gasteiger charge is 2.25. The predicted molar refractivity (Wildman–Crippen MR) is 66.9 cm³/mol. The first-order valence-electron chi connectivity index (χ1n) is 6.18. The predicted octanol–water partition coefficient (Wildman–Crippen LogP) is 1.39. The van der Waals surface area contributed by atoms with Crippen molar-refractivity contribution in [2.24, 2.45) is 0 Å². The summed E-state index contributed by atoms with van der Waals surface area (Å²) in [6.45, 7) is 1.29. The maximum atomic E-state index is 11.7. The molecule has 4 nitrogen and oxygen atoms in total. The maximum absolute atomic E-state index is 11.7. The number of ether oxygens (including phenoxy) is 1. The van der Waals surface area contributed by atoms with Crippen LogP contribution in [0.4, 0.5) is 0 Å². The second-order valence-electron chi connectivity index (χ2n) is 4.46. The molecule has 18 heavy (non-hydrogen) atoms. The van der Waals surface area contributed by atoms with Crippen molar-refractivity contribution in [3.8, 4) is 0 Å². The zero-order valence-electron chi connectivity index (χ0n) is 10.2. The van der Waals surface area contributed by atoms with Crippen molar-refractivity contribution in [1.29, 1.82) is 0 Å². The normalized spacial score (nSPS) is 19.7. The van der Waals surface area contributed by atoms with Crippen LogP contribution in [0.3, 0.4) is 0 Å². The summed E-state index contributed by atoms with van der Waals surface area (Å²) in [7, 11) is 0. The summed E-state index contributed by atoms with van der Waals surface area (Å²) in [5, 5.41) is 0. The molecule has 0 saturated carbocycles. The van der Waals surface area contributed by atoms with E-state index in [0.29, 0.717) is 6.61 Å². The third-order valence-corrected chi connectivity index (χ3v) is 3.15. The molecule has 1 fully saturated rings. The van der Waals surface area contributed by atoms with Gasteiger partial charge in [-0.1, -0.05) is 30.3 Å².